The number of nitrogens with one attached hydrogen (secondary N) is 1. The monoisotopic (exact) mass is 276 g/mol. The van der Waals surface area contributed by atoms with Crippen LogP contribution in [0.2, 0.25) is 0 Å². The number of fused-ring (bicyclic) bond motifs is 1. The Morgan fingerprint density at radius 3 is 3.00 bits per heavy atom. The Bertz CT molecular complexity index is 610. The number of ether oxygens (including phenoxy) is 1. The van der Waals surface area contributed by atoms with Crippen LogP contribution in [0, 0.1) is 0 Å². The summed E-state index contributed by atoms with van der Waals surface area (Å²) in [6, 6.07) is 0. The third kappa shape index (κ3) is 2.18. The van der Waals surface area contributed by atoms with Crippen molar-refractivity contribution in [3.8, 4) is 0 Å². The average molecular weight is 276 g/mol. The first kappa shape index (κ1) is 13.1. The van der Waals surface area contributed by atoms with Crippen molar-refractivity contribution in [1.29, 1.82) is 0 Å². The fraction of sp³-hybridized carbons (Fsp3) is 0.615. The van der Waals surface area contributed by atoms with E-state index in [9.17, 15) is 0 Å². The van der Waals surface area contributed by atoms with E-state index in [1.165, 1.54) is 6.33 Å². The number of nitrogens with two attached hydrogens (primary N) is 1. The van der Waals surface area contributed by atoms with Gasteiger partial charge in [0.05, 0.1) is 6.10 Å². The Kier molecular flexibility index (Phi) is 3.43. The van der Waals surface area contributed by atoms with E-state index >= 15 is 0 Å². The molecule has 0 spiro atoms. The van der Waals surface area contributed by atoms with Crippen molar-refractivity contribution in [2.45, 2.75) is 45.4 Å². The summed E-state index contributed by atoms with van der Waals surface area (Å²) in [4.78, 5) is 12.9. The first-order chi connectivity index (χ1) is 9.70. The second-order valence-corrected chi connectivity index (χ2v) is 5.14. The molecular formula is C13H20N6O. The van der Waals surface area contributed by atoms with Crippen molar-refractivity contribution in [2.75, 3.05) is 17.6 Å². The van der Waals surface area contributed by atoms with Crippen molar-refractivity contribution < 1.29 is 4.74 Å². The molecule has 20 heavy (non-hydrogen) atoms. The third-order valence-corrected chi connectivity index (χ3v) is 3.54. The van der Waals surface area contributed by atoms with E-state index in [0.717, 1.165) is 37.4 Å². The fourth-order valence-electron chi connectivity index (χ4n) is 2.53. The minimum Gasteiger partial charge on any atom is -0.382 e. The van der Waals surface area contributed by atoms with E-state index in [1.54, 1.807) is 0 Å². The Morgan fingerprint density at radius 1 is 1.45 bits per heavy atom. The molecule has 0 saturated carbocycles. The molecule has 0 amide bonds. The molecule has 2 aromatic heterocycles. The van der Waals surface area contributed by atoms with Crippen molar-refractivity contribution >= 4 is 22.9 Å². The molecule has 7 nitrogen and oxygen atoms in total. The predicted octanol–water partition coefficient (Wildman–Crippen LogP) is 1.93. The lowest BCUT2D eigenvalue weighted by Crippen LogP contribution is -2.14. The van der Waals surface area contributed by atoms with Crippen LogP contribution in [0.3, 0.4) is 0 Å². The number of aromatic nitrogens is 4. The molecule has 0 aromatic carbocycles. The molecule has 1 aliphatic heterocycles. The number of nitrogen functional groups attached to an aromatic ring is 1. The molecule has 108 valence electrons. The van der Waals surface area contributed by atoms with Gasteiger partial charge in [-0.25, -0.2) is 15.0 Å². The zero-order valence-electron chi connectivity index (χ0n) is 11.8. The maximum absolute atomic E-state index is 5.96. The molecule has 0 aliphatic carbocycles. The lowest BCUT2D eigenvalue weighted by atomic mass is 10.2. The van der Waals surface area contributed by atoms with Crippen LogP contribution in [-0.4, -0.2) is 32.2 Å². The molecule has 1 saturated heterocycles. The van der Waals surface area contributed by atoms with Gasteiger partial charge in [-0.1, -0.05) is 6.92 Å². The number of nitrogens with zero attached hydrogens (tertiary/aromatic N) is 4. The highest BCUT2D eigenvalue weighted by Gasteiger charge is 2.28. The molecule has 3 heterocycles. The van der Waals surface area contributed by atoms with Gasteiger partial charge in [0.2, 0.25) is 5.95 Å². The predicted molar refractivity (Wildman–Crippen MR) is 77.3 cm³/mol. The van der Waals surface area contributed by atoms with E-state index in [1.807, 2.05) is 4.57 Å². The third-order valence-electron chi connectivity index (χ3n) is 3.54. The largest absolute Gasteiger partial charge is 0.382 e. The van der Waals surface area contributed by atoms with Crippen molar-refractivity contribution in [3.05, 3.63) is 6.33 Å². The number of hydrogen-bond donors (Lipinski definition) is 2. The summed E-state index contributed by atoms with van der Waals surface area (Å²) in [7, 11) is 0. The summed E-state index contributed by atoms with van der Waals surface area (Å²) in [5.74, 6) is 1.16. The first-order valence-electron chi connectivity index (χ1n) is 7.08. The van der Waals surface area contributed by atoms with Gasteiger partial charge in [-0.05, 0) is 26.2 Å². The lowest BCUT2D eigenvalue weighted by molar-refractivity contribution is 0.0144. The van der Waals surface area contributed by atoms with Gasteiger partial charge in [0.25, 0.3) is 0 Å². The van der Waals surface area contributed by atoms with Crippen LogP contribution in [0.4, 0.5) is 11.8 Å². The normalized spacial score (nSPS) is 22.5. The minimum atomic E-state index is -0.0383. The van der Waals surface area contributed by atoms with E-state index in [4.69, 9.17) is 10.5 Å². The second kappa shape index (κ2) is 5.24. The highest BCUT2D eigenvalue weighted by Crippen LogP contribution is 2.34. The van der Waals surface area contributed by atoms with Crippen LogP contribution in [0.25, 0.3) is 11.2 Å². The van der Waals surface area contributed by atoms with E-state index in [2.05, 4.69) is 34.1 Å². The van der Waals surface area contributed by atoms with Gasteiger partial charge in [-0.15, -0.1) is 0 Å². The molecular weight excluding hydrogens is 256 g/mol. The maximum atomic E-state index is 5.96. The van der Waals surface area contributed by atoms with Gasteiger partial charge >= 0.3 is 0 Å². The Morgan fingerprint density at radius 2 is 2.30 bits per heavy atom. The molecule has 1 unspecified atom stereocenters. The topological polar surface area (TPSA) is 90.9 Å². The molecule has 0 bridgehead atoms. The minimum absolute atomic E-state index is 0.0383. The molecule has 7 heteroatoms. The average Bonchev–Trinajstić information content (AvgIpc) is 3.00. The summed E-state index contributed by atoms with van der Waals surface area (Å²) < 4.78 is 7.96. The summed E-state index contributed by atoms with van der Waals surface area (Å²) in [5, 5.41) is 3.32. The van der Waals surface area contributed by atoms with Gasteiger partial charge in [0.1, 0.15) is 12.6 Å². The van der Waals surface area contributed by atoms with Crippen LogP contribution in [0.15, 0.2) is 6.33 Å². The number of rotatable bonds is 4. The van der Waals surface area contributed by atoms with Crippen molar-refractivity contribution in [2.24, 2.45) is 0 Å². The van der Waals surface area contributed by atoms with Gasteiger partial charge in [0, 0.05) is 6.54 Å². The van der Waals surface area contributed by atoms with Gasteiger partial charge in [-0.3, -0.25) is 4.57 Å². The van der Waals surface area contributed by atoms with Crippen molar-refractivity contribution in [3.63, 3.8) is 0 Å². The first-order valence-corrected chi connectivity index (χ1v) is 7.08. The summed E-state index contributed by atoms with van der Waals surface area (Å²) >= 11 is 0. The molecule has 3 N–H and O–H groups in total. The Balaban J connectivity index is 2.08. The van der Waals surface area contributed by atoms with Gasteiger partial charge in [-0.2, -0.15) is 0 Å². The highest BCUT2D eigenvalue weighted by atomic mass is 16.5. The summed E-state index contributed by atoms with van der Waals surface area (Å²) in [5.41, 5.74) is 7.26. The second-order valence-electron chi connectivity index (χ2n) is 5.14. The van der Waals surface area contributed by atoms with Gasteiger partial charge in [0.15, 0.2) is 17.0 Å². The summed E-state index contributed by atoms with van der Waals surface area (Å²) in [6.07, 6.45) is 4.71. The summed E-state index contributed by atoms with van der Waals surface area (Å²) in [6.45, 7) is 5.04. The maximum Gasteiger partial charge on any atom is 0.207 e. The Labute approximate surface area is 117 Å². The molecule has 0 radical (unpaired) electrons. The molecule has 1 aliphatic rings. The number of imidazole rings is 1. The Hall–Kier alpha value is -1.89. The van der Waals surface area contributed by atoms with Crippen LogP contribution in [0.1, 0.15) is 39.3 Å². The number of anilines is 2. The smallest absolute Gasteiger partial charge is 0.207 e. The molecule has 1 fully saturated rings. The standard InChI is InChI=1S/C13H20N6O/c1-3-6-15-13-18-10-11(14)16-7-17-12(10)19(13)9-5-4-8(2)20-9/h7-9H,3-6H2,1-2H3,(H,15,18)(H2,14,16,17)/t8-,9?/m1/s1. The fourth-order valence-corrected chi connectivity index (χ4v) is 2.53. The molecule has 2 aromatic rings. The van der Waals surface area contributed by atoms with Crippen LogP contribution in [0.5, 0.6) is 0 Å². The molecule has 2 atom stereocenters. The zero-order valence-corrected chi connectivity index (χ0v) is 11.8. The van der Waals surface area contributed by atoms with Crippen molar-refractivity contribution in [1.82, 2.24) is 19.5 Å². The van der Waals surface area contributed by atoms with Crippen LogP contribution < -0.4 is 11.1 Å². The highest BCUT2D eigenvalue weighted by molar-refractivity contribution is 5.84. The quantitative estimate of drug-likeness (QED) is 0.886. The van der Waals surface area contributed by atoms with Crippen LogP contribution in [-0.2, 0) is 4.74 Å². The zero-order chi connectivity index (χ0) is 14.1. The van der Waals surface area contributed by atoms with E-state index in [0.29, 0.717) is 11.3 Å². The van der Waals surface area contributed by atoms with E-state index < -0.39 is 0 Å². The lowest BCUT2D eigenvalue weighted by Gasteiger charge is -2.16. The SMILES string of the molecule is CCCNc1nc2c(N)ncnc2n1C1CC[C@@H](C)O1. The van der Waals surface area contributed by atoms with E-state index in [-0.39, 0.29) is 12.3 Å². The van der Waals surface area contributed by atoms with Gasteiger partial charge < -0.3 is 15.8 Å². The number of hydrogen-bond acceptors (Lipinski definition) is 6. The molecule has 3 rings (SSSR count). The van der Waals surface area contributed by atoms with Crippen LogP contribution >= 0.6 is 0 Å².